The van der Waals surface area contributed by atoms with E-state index >= 15 is 0 Å². The summed E-state index contributed by atoms with van der Waals surface area (Å²) >= 11 is 0. The summed E-state index contributed by atoms with van der Waals surface area (Å²) in [5.41, 5.74) is 10.2. The van der Waals surface area contributed by atoms with Crippen molar-refractivity contribution in [2.24, 2.45) is 0 Å². The SMILES string of the molecule is Cc1ccc(-c2nn(Cc3ccccc3)cc2C(=O)NNC(=O)C2CCCO2)cc1C. The van der Waals surface area contributed by atoms with E-state index in [0.717, 1.165) is 23.1 Å². The Hall–Kier alpha value is -3.45. The van der Waals surface area contributed by atoms with Crippen molar-refractivity contribution in [3.8, 4) is 11.3 Å². The first-order chi connectivity index (χ1) is 15.0. The van der Waals surface area contributed by atoms with E-state index in [1.54, 1.807) is 10.9 Å². The Morgan fingerprint density at radius 1 is 1.10 bits per heavy atom. The van der Waals surface area contributed by atoms with E-state index in [9.17, 15) is 9.59 Å². The molecule has 1 aliphatic heterocycles. The Balaban J connectivity index is 1.59. The molecule has 31 heavy (non-hydrogen) atoms. The molecule has 160 valence electrons. The minimum atomic E-state index is -0.514. The first-order valence-electron chi connectivity index (χ1n) is 10.4. The monoisotopic (exact) mass is 418 g/mol. The van der Waals surface area contributed by atoms with Crippen molar-refractivity contribution >= 4 is 11.8 Å². The van der Waals surface area contributed by atoms with Gasteiger partial charge in [0.2, 0.25) is 0 Å². The molecule has 2 heterocycles. The van der Waals surface area contributed by atoms with E-state index in [0.29, 0.717) is 30.8 Å². The molecule has 3 aromatic rings. The number of aromatic nitrogens is 2. The molecule has 0 aliphatic carbocycles. The van der Waals surface area contributed by atoms with Crippen LogP contribution in [0, 0.1) is 13.8 Å². The predicted octanol–water partition coefficient (Wildman–Crippen LogP) is 3.16. The van der Waals surface area contributed by atoms with E-state index in [1.807, 2.05) is 62.4 Å². The number of carbonyl (C=O) groups excluding carboxylic acids is 2. The van der Waals surface area contributed by atoms with E-state index < -0.39 is 12.0 Å². The fourth-order valence-electron chi connectivity index (χ4n) is 3.59. The molecule has 2 N–H and O–H groups in total. The van der Waals surface area contributed by atoms with Gasteiger partial charge in [-0.1, -0.05) is 42.5 Å². The minimum Gasteiger partial charge on any atom is -0.368 e. The zero-order valence-electron chi connectivity index (χ0n) is 17.7. The molecule has 1 aliphatic rings. The van der Waals surface area contributed by atoms with Crippen LogP contribution >= 0.6 is 0 Å². The molecule has 1 atom stereocenters. The third kappa shape index (κ3) is 4.83. The van der Waals surface area contributed by atoms with E-state index in [4.69, 9.17) is 9.84 Å². The number of nitrogens with one attached hydrogen (secondary N) is 2. The Morgan fingerprint density at radius 3 is 2.61 bits per heavy atom. The van der Waals surface area contributed by atoms with Crippen LogP contribution in [0.1, 0.15) is 39.9 Å². The lowest BCUT2D eigenvalue weighted by atomic mass is 10.0. The summed E-state index contributed by atoms with van der Waals surface area (Å²) < 4.78 is 7.11. The molecule has 0 radical (unpaired) electrons. The highest BCUT2D eigenvalue weighted by Gasteiger charge is 2.25. The van der Waals surface area contributed by atoms with Gasteiger partial charge in [-0.3, -0.25) is 25.1 Å². The molecule has 1 aromatic heterocycles. The average molecular weight is 418 g/mol. The lowest BCUT2D eigenvalue weighted by Crippen LogP contribution is -2.46. The fraction of sp³-hybridized carbons (Fsp3) is 0.292. The number of benzene rings is 2. The van der Waals surface area contributed by atoms with Gasteiger partial charge in [-0.15, -0.1) is 0 Å². The first-order valence-corrected chi connectivity index (χ1v) is 10.4. The van der Waals surface area contributed by atoms with Crippen LogP contribution in [-0.4, -0.2) is 34.3 Å². The predicted molar refractivity (Wildman–Crippen MR) is 117 cm³/mol. The second kappa shape index (κ2) is 9.14. The Bertz CT molecular complexity index is 1090. The Morgan fingerprint density at radius 2 is 1.90 bits per heavy atom. The molecule has 7 heteroatoms. The summed E-state index contributed by atoms with van der Waals surface area (Å²) in [7, 11) is 0. The largest absolute Gasteiger partial charge is 0.368 e. The van der Waals surface area contributed by atoms with Crippen molar-refractivity contribution in [2.75, 3.05) is 6.61 Å². The summed E-state index contributed by atoms with van der Waals surface area (Å²) in [6.45, 7) is 5.17. The van der Waals surface area contributed by atoms with Crippen molar-refractivity contribution in [1.29, 1.82) is 0 Å². The van der Waals surface area contributed by atoms with E-state index in [1.165, 1.54) is 5.56 Å². The number of hydrogen-bond donors (Lipinski definition) is 2. The second-order valence-corrected chi connectivity index (χ2v) is 7.82. The number of carbonyl (C=O) groups is 2. The maximum absolute atomic E-state index is 13.0. The summed E-state index contributed by atoms with van der Waals surface area (Å²) in [5.74, 6) is -0.755. The highest BCUT2D eigenvalue weighted by Crippen LogP contribution is 2.25. The summed E-state index contributed by atoms with van der Waals surface area (Å²) in [6, 6.07) is 15.9. The van der Waals surface area contributed by atoms with Gasteiger partial charge in [0.1, 0.15) is 11.8 Å². The number of amides is 2. The Labute approximate surface area is 181 Å². The molecular weight excluding hydrogens is 392 g/mol. The number of aryl methyl sites for hydroxylation is 2. The smallest absolute Gasteiger partial charge is 0.273 e. The van der Waals surface area contributed by atoms with Crippen LogP contribution in [0.3, 0.4) is 0 Å². The Kier molecular flexibility index (Phi) is 6.13. The van der Waals surface area contributed by atoms with Crippen molar-refractivity contribution in [3.63, 3.8) is 0 Å². The van der Waals surface area contributed by atoms with Gasteiger partial charge in [-0.25, -0.2) is 0 Å². The number of ether oxygens (including phenoxy) is 1. The molecule has 1 fully saturated rings. The zero-order chi connectivity index (χ0) is 21.8. The third-order valence-electron chi connectivity index (χ3n) is 5.50. The molecule has 0 bridgehead atoms. The highest BCUT2D eigenvalue weighted by atomic mass is 16.5. The standard InChI is InChI=1S/C24H26N4O3/c1-16-10-11-19(13-17(16)2)22-20(15-28(27-22)14-18-7-4-3-5-8-18)23(29)25-26-24(30)21-9-6-12-31-21/h3-5,7-8,10-11,13,15,21H,6,9,12,14H2,1-2H3,(H,25,29)(H,26,30). The molecule has 7 nitrogen and oxygen atoms in total. The van der Waals surface area contributed by atoms with E-state index in [-0.39, 0.29) is 5.91 Å². The van der Waals surface area contributed by atoms with Gasteiger partial charge < -0.3 is 4.74 Å². The second-order valence-electron chi connectivity index (χ2n) is 7.82. The van der Waals surface area contributed by atoms with Gasteiger partial charge in [-0.2, -0.15) is 5.10 Å². The number of hydrazine groups is 1. The van der Waals surface area contributed by atoms with Gasteiger partial charge in [0.05, 0.1) is 12.1 Å². The number of nitrogens with zero attached hydrogens (tertiary/aromatic N) is 2. The number of hydrogen-bond acceptors (Lipinski definition) is 4. The maximum Gasteiger partial charge on any atom is 0.273 e. The third-order valence-corrected chi connectivity index (χ3v) is 5.50. The van der Waals surface area contributed by atoms with Crippen molar-refractivity contribution in [3.05, 3.63) is 77.0 Å². The summed E-state index contributed by atoms with van der Waals surface area (Å²) in [6.07, 6.45) is 2.70. The molecular formula is C24H26N4O3. The first kappa shape index (κ1) is 20.8. The van der Waals surface area contributed by atoms with Gasteiger partial charge in [0.15, 0.2) is 0 Å². The van der Waals surface area contributed by atoms with Gasteiger partial charge in [0.25, 0.3) is 11.8 Å². The molecule has 4 rings (SSSR count). The molecule has 0 saturated carbocycles. The van der Waals surface area contributed by atoms with E-state index in [2.05, 4.69) is 10.9 Å². The quantitative estimate of drug-likeness (QED) is 0.624. The van der Waals surface area contributed by atoms with Crippen molar-refractivity contribution in [2.45, 2.75) is 39.3 Å². The van der Waals surface area contributed by atoms with Crippen molar-refractivity contribution in [1.82, 2.24) is 20.6 Å². The summed E-state index contributed by atoms with van der Waals surface area (Å²) in [4.78, 5) is 25.1. The molecule has 1 saturated heterocycles. The summed E-state index contributed by atoms with van der Waals surface area (Å²) in [5, 5.41) is 4.69. The minimum absolute atomic E-state index is 0.338. The van der Waals surface area contributed by atoms with Crippen LogP contribution in [0.4, 0.5) is 0 Å². The average Bonchev–Trinajstić information content (AvgIpc) is 3.45. The van der Waals surface area contributed by atoms with Crippen LogP contribution < -0.4 is 10.9 Å². The molecule has 2 aromatic carbocycles. The molecule has 0 spiro atoms. The number of rotatable bonds is 5. The molecule has 1 unspecified atom stereocenters. The van der Waals surface area contributed by atoms with Gasteiger partial charge in [0, 0.05) is 18.4 Å². The van der Waals surface area contributed by atoms with Gasteiger partial charge in [-0.05, 0) is 49.4 Å². The molecule has 2 amide bonds. The fourth-order valence-corrected chi connectivity index (χ4v) is 3.59. The highest BCUT2D eigenvalue weighted by molar-refractivity contribution is 6.00. The lowest BCUT2D eigenvalue weighted by molar-refractivity contribution is -0.130. The van der Waals surface area contributed by atoms with Gasteiger partial charge >= 0.3 is 0 Å². The van der Waals surface area contributed by atoms with Crippen LogP contribution in [-0.2, 0) is 16.1 Å². The van der Waals surface area contributed by atoms with Crippen LogP contribution in [0.5, 0.6) is 0 Å². The normalized spacial score (nSPS) is 15.6. The zero-order valence-corrected chi connectivity index (χ0v) is 17.7. The van der Waals surface area contributed by atoms with Crippen molar-refractivity contribution < 1.29 is 14.3 Å². The van der Waals surface area contributed by atoms with Crippen LogP contribution in [0.25, 0.3) is 11.3 Å². The van der Waals surface area contributed by atoms with Crippen LogP contribution in [0.15, 0.2) is 54.7 Å². The van der Waals surface area contributed by atoms with Crippen LogP contribution in [0.2, 0.25) is 0 Å². The topological polar surface area (TPSA) is 85.3 Å². The lowest BCUT2D eigenvalue weighted by Gasteiger charge is -2.11. The maximum atomic E-state index is 13.0.